The van der Waals surface area contributed by atoms with Gasteiger partial charge in [0.25, 0.3) is 0 Å². The molecule has 1 amide bonds. The average molecular weight is 191 g/mol. The van der Waals surface area contributed by atoms with Gasteiger partial charge in [0.15, 0.2) is 0 Å². The number of carboxylic acids is 2. The van der Waals surface area contributed by atoms with Gasteiger partial charge < -0.3 is 15.3 Å². The Morgan fingerprint density at radius 3 is 1.46 bits per heavy atom. The number of carboxylic acid groups (broad SMARTS) is 3. The molecule has 0 saturated carbocycles. The molecule has 0 aliphatic carbocycles. The lowest BCUT2D eigenvalue weighted by atomic mass is 10.0. The molecular weight excluding hydrogens is 182 g/mol. The molecule has 0 aromatic heterocycles. The summed E-state index contributed by atoms with van der Waals surface area (Å²) in [7, 11) is 0.880. The molecule has 0 unspecified atom stereocenters. The van der Waals surface area contributed by atoms with Crippen LogP contribution in [-0.2, 0) is 9.59 Å². The highest BCUT2D eigenvalue weighted by Gasteiger charge is 2.48. The third-order valence-electron chi connectivity index (χ3n) is 1.79. The molecule has 0 atom stereocenters. The minimum absolute atomic E-state index is 0.220. The van der Waals surface area contributed by atoms with Gasteiger partial charge in [0.05, 0.1) is 0 Å². The van der Waals surface area contributed by atoms with Crippen LogP contribution in [0.25, 0.3) is 0 Å². The molecule has 13 heavy (non-hydrogen) atoms. The van der Waals surface area contributed by atoms with E-state index in [9.17, 15) is 14.4 Å². The molecule has 0 bridgehead atoms. The van der Waals surface area contributed by atoms with Crippen molar-refractivity contribution in [2.75, 3.05) is 7.05 Å². The van der Waals surface area contributed by atoms with Gasteiger partial charge >= 0.3 is 18.0 Å². The van der Waals surface area contributed by atoms with Gasteiger partial charge in [-0.3, -0.25) is 4.90 Å². The van der Waals surface area contributed by atoms with Crippen molar-refractivity contribution in [1.29, 1.82) is 0 Å². The van der Waals surface area contributed by atoms with Gasteiger partial charge in [-0.2, -0.15) is 0 Å². The van der Waals surface area contributed by atoms with E-state index in [2.05, 4.69) is 0 Å². The summed E-state index contributed by atoms with van der Waals surface area (Å²) in [5.41, 5.74) is -2.45. The number of hydrogen-bond donors (Lipinski definition) is 3. The van der Waals surface area contributed by atoms with E-state index in [4.69, 9.17) is 15.3 Å². The highest BCUT2D eigenvalue weighted by molar-refractivity contribution is 6.04. The van der Waals surface area contributed by atoms with E-state index in [-0.39, 0.29) is 4.90 Å². The maximum absolute atomic E-state index is 10.5. The van der Waals surface area contributed by atoms with Gasteiger partial charge in [-0.05, 0) is 6.92 Å². The summed E-state index contributed by atoms with van der Waals surface area (Å²) in [6, 6.07) is 0. The van der Waals surface area contributed by atoms with Gasteiger partial charge in [0, 0.05) is 7.05 Å². The number of aliphatic carboxylic acids is 2. The summed E-state index contributed by atoms with van der Waals surface area (Å²) in [6.45, 7) is 0.797. The van der Waals surface area contributed by atoms with Crippen molar-refractivity contribution in [2.45, 2.75) is 12.5 Å². The van der Waals surface area contributed by atoms with Crippen molar-refractivity contribution < 1.29 is 29.7 Å². The number of rotatable bonds is 3. The van der Waals surface area contributed by atoms with Crippen LogP contribution in [0.1, 0.15) is 6.92 Å². The van der Waals surface area contributed by atoms with Crippen LogP contribution in [0.5, 0.6) is 0 Å². The summed E-state index contributed by atoms with van der Waals surface area (Å²) >= 11 is 0. The molecule has 0 fully saturated rings. The zero-order valence-electron chi connectivity index (χ0n) is 7.01. The van der Waals surface area contributed by atoms with E-state index >= 15 is 0 Å². The maximum atomic E-state index is 10.5. The summed E-state index contributed by atoms with van der Waals surface area (Å²) in [5, 5.41) is 25.5. The Kier molecular flexibility index (Phi) is 2.84. The maximum Gasteiger partial charge on any atom is 0.408 e. The molecule has 0 rings (SSSR count). The van der Waals surface area contributed by atoms with Crippen LogP contribution in [-0.4, -0.2) is 50.8 Å². The predicted octanol–water partition coefficient (Wildman–Crippen LogP) is -0.476. The molecule has 0 heterocycles. The summed E-state index contributed by atoms with van der Waals surface area (Å²) in [5.74, 6) is -3.46. The van der Waals surface area contributed by atoms with Crippen LogP contribution >= 0.6 is 0 Å². The molecular formula is C6H9NO6. The highest BCUT2D eigenvalue weighted by Crippen LogP contribution is 2.13. The van der Waals surface area contributed by atoms with Gasteiger partial charge in [-0.15, -0.1) is 0 Å². The smallest absolute Gasteiger partial charge is 0.408 e. The first-order chi connectivity index (χ1) is 5.74. The minimum Gasteiger partial charge on any atom is -0.479 e. The highest BCUT2D eigenvalue weighted by atomic mass is 16.4. The first-order valence-electron chi connectivity index (χ1n) is 3.18. The molecule has 74 valence electrons. The predicted molar refractivity (Wildman–Crippen MR) is 39.5 cm³/mol. The topological polar surface area (TPSA) is 115 Å². The van der Waals surface area contributed by atoms with Gasteiger partial charge in [-0.1, -0.05) is 0 Å². The quantitative estimate of drug-likeness (QED) is 0.519. The molecule has 0 saturated heterocycles. The van der Waals surface area contributed by atoms with Crippen molar-refractivity contribution in [2.24, 2.45) is 0 Å². The molecule has 0 aromatic carbocycles. The van der Waals surface area contributed by atoms with E-state index in [1.807, 2.05) is 0 Å². The van der Waals surface area contributed by atoms with E-state index in [0.717, 1.165) is 14.0 Å². The minimum atomic E-state index is -2.45. The zero-order valence-corrected chi connectivity index (χ0v) is 7.01. The fourth-order valence-electron chi connectivity index (χ4n) is 0.570. The number of nitrogens with zero attached hydrogens (tertiary/aromatic N) is 1. The molecule has 7 nitrogen and oxygen atoms in total. The van der Waals surface area contributed by atoms with E-state index in [0.29, 0.717) is 0 Å². The third kappa shape index (κ3) is 1.68. The number of hydrogen-bond acceptors (Lipinski definition) is 3. The normalized spacial score (nSPS) is 10.6. The fourth-order valence-corrected chi connectivity index (χ4v) is 0.570. The van der Waals surface area contributed by atoms with Crippen LogP contribution in [0.4, 0.5) is 4.79 Å². The van der Waals surface area contributed by atoms with E-state index in [1.165, 1.54) is 0 Å². The number of carbonyl (C=O) groups is 3. The van der Waals surface area contributed by atoms with Crippen molar-refractivity contribution >= 4 is 18.0 Å². The number of likely N-dealkylation sites (N-methyl/N-ethyl adjacent to an activating group) is 1. The Bertz CT molecular complexity index is 246. The van der Waals surface area contributed by atoms with Gasteiger partial charge in [0.2, 0.25) is 5.54 Å². The summed E-state index contributed by atoms with van der Waals surface area (Å²) < 4.78 is 0. The Morgan fingerprint density at radius 2 is 1.38 bits per heavy atom. The molecule has 0 aliphatic heterocycles. The Balaban J connectivity index is 5.13. The summed E-state index contributed by atoms with van der Waals surface area (Å²) in [6.07, 6.45) is -1.62. The lowest BCUT2D eigenvalue weighted by molar-refractivity contribution is -0.163. The Hall–Kier alpha value is -1.79. The van der Waals surface area contributed by atoms with Crippen LogP contribution in [0, 0.1) is 0 Å². The third-order valence-corrected chi connectivity index (χ3v) is 1.79. The Labute approximate surface area is 73.2 Å². The van der Waals surface area contributed by atoms with Crippen molar-refractivity contribution in [3.05, 3.63) is 0 Å². The van der Waals surface area contributed by atoms with Crippen molar-refractivity contribution in [1.82, 2.24) is 4.90 Å². The first kappa shape index (κ1) is 11.2. The SMILES string of the molecule is CN(C(=O)O)C(C)(C(=O)O)C(=O)O. The number of amides is 1. The van der Waals surface area contributed by atoms with Crippen molar-refractivity contribution in [3.63, 3.8) is 0 Å². The van der Waals surface area contributed by atoms with E-state index < -0.39 is 23.6 Å². The molecule has 0 aromatic rings. The van der Waals surface area contributed by atoms with Crippen LogP contribution < -0.4 is 0 Å². The van der Waals surface area contributed by atoms with Crippen LogP contribution in [0.2, 0.25) is 0 Å². The molecule has 0 radical (unpaired) electrons. The van der Waals surface area contributed by atoms with Gasteiger partial charge in [0.1, 0.15) is 0 Å². The fraction of sp³-hybridized carbons (Fsp3) is 0.500. The molecule has 0 spiro atoms. The molecule has 3 N–H and O–H groups in total. The van der Waals surface area contributed by atoms with Crippen LogP contribution in [0.15, 0.2) is 0 Å². The monoisotopic (exact) mass is 191 g/mol. The largest absolute Gasteiger partial charge is 0.479 e. The molecule has 7 heteroatoms. The Morgan fingerprint density at radius 1 is 1.08 bits per heavy atom. The summed E-state index contributed by atoms with van der Waals surface area (Å²) in [4.78, 5) is 31.6. The second-order valence-corrected chi connectivity index (χ2v) is 2.52. The first-order valence-corrected chi connectivity index (χ1v) is 3.18. The second kappa shape index (κ2) is 3.30. The van der Waals surface area contributed by atoms with Gasteiger partial charge in [-0.25, -0.2) is 14.4 Å². The second-order valence-electron chi connectivity index (χ2n) is 2.52. The van der Waals surface area contributed by atoms with Crippen molar-refractivity contribution in [3.8, 4) is 0 Å². The lowest BCUT2D eigenvalue weighted by Gasteiger charge is -2.28. The zero-order chi connectivity index (χ0) is 10.8. The standard InChI is InChI=1S/C6H9NO6/c1-6(3(8)9,4(10)11)7(2)5(12)13/h1-2H3,(H,8,9)(H,10,11)(H,12,13). The average Bonchev–Trinajstić information content (AvgIpc) is 2.00. The van der Waals surface area contributed by atoms with Crippen LogP contribution in [0.3, 0.4) is 0 Å². The lowest BCUT2D eigenvalue weighted by Crippen LogP contribution is -2.58. The molecule has 0 aliphatic rings. The van der Waals surface area contributed by atoms with E-state index in [1.54, 1.807) is 0 Å².